The van der Waals surface area contributed by atoms with Crippen LogP contribution < -0.4 is 10.2 Å². The highest BCUT2D eigenvalue weighted by Crippen LogP contribution is 2.50. The molecule has 0 unspecified atom stereocenters. The van der Waals surface area contributed by atoms with Gasteiger partial charge in [0.2, 0.25) is 0 Å². The van der Waals surface area contributed by atoms with Crippen LogP contribution in [0.3, 0.4) is 0 Å². The van der Waals surface area contributed by atoms with Crippen LogP contribution in [0.15, 0.2) is 29.2 Å². The fourth-order valence-electron chi connectivity index (χ4n) is 4.67. The molecule has 178 valence electrons. The lowest BCUT2D eigenvalue weighted by Crippen LogP contribution is -2.46. The fourth-order valence-corrected chi connectivity index (χ4v) is 4.67. The van der Waals surface area contributed by atoms with Crippen LogP contribution in [-0.4, -0.2) is 34.5 Å². The van der Waals surface area contributed by atoms with E-state index >= 15 is 0 Å². The molecule has 0 saturated heterocycles. The maximum atomic E-state index is 13.9. The van der Waals surface area contributed by atoms with Crippen molar-refractivity contribution in [2.75, 3.05) is 13.2 Å². The van der Waals surface area contributed by atoms with E-state index in [-0.39, 0.29) is 35.6 Å². The van der Waals surface area contributed by atoms with Crippen LogP contribution in [0.2, 0.25) is 0 Å². The quantitative estimate of drug-likeness (QED) is 0.610. The summed E-state index contributed by atoms with van der Waals surface area (Å²) in [5.74, 6) is -0.580. The minimum Gasteiger partial charge on any atom is -0.493 e. The second-order valence-electron chi connectivity index (χ2n) is 9.54. The van der Waals surface area contributed by atoms with E-state index in [0.717, 1.165) is 24.8 Å². The van der Waals surface area contributed by atoms with E-state index in [4.69, 9.17) is 9.47 Å². The highest BCUT2D eigenvalue weighted by Gasteiger charge is 2.44. The first-order valence-electron chi connectivity index (χ1n) is 11.3. The van der Waals surface area contributed by atoms with Crippen molar-refractivity contribution in [3.63, 3.8) is 0 Å². The Labute approximate surface area is 191 Å². The molecule has 1 aromatic carbocycles. The number of hydrogen-bond donors (Lipinski definition) is 1. The molecule has 1 saturated carbocycles. The Balaban J connectivity index is 1.81. The average molecular weight is 462 g/mol. The van der Waals surface area contributed by atoms with Crippen molar-refractivity contribution < 1.29 is 28.2 Å². The van der Waals surface area contributed by atoms with Gasteiger partial charge in [-0.25, -0.2) is 13.6 Å². The number of carbonyl (C=O) groups excluding carboxylic acids is 1. The molecule has 1 aliphatic carbocycles. The monoisotopic (exact) mass is 461 g/mol. The number of aromatic nitrogens is 1. The lowest BCUT2D eigenvalue weighted by atomic mass is 9.69. The van der Waals surface area contributed by atoms with E-state index in [1.54, 1.807) is 26.8 Å². The Kier molecular flexibility index (Phi) is 6.07. The highest BCUT2D eigenvalue weighted by atomic mass is 19.3. The molecular weight excluding hydrogens is 432 g/mol. The lowest BCUT2D eigenvalue weighted by Gasteiger charge is -2.49. The van der Waals surface area contributed by atoms with Crippen LogP contribution in [-0.2, 0) is 16.7 Å². The maximum Gasteiger partial charge on any atom is 0.343 e. The van der Waals surface area contributed by atoms with Crippen molar-refractivity contribution in [3.8, 4) is 17.0 Å². The van der Waals surface area contributed by atoms with E-state index in [1.165, 1.54) is 18.3 Å². The first-order valence-corrected chi connectivity index (χ1v) is 11.3. The van der Waals surface area contributed by atoms with Crippen LogP contribution in [0.1, 0.15) is 74.4 Å². The number of carbonyl (C=O) groups is 1. The molecule has 1 fully saturated rings. The summed E-state index contributed by atoms with van der Waals surface area (Å²) >= 11 is 0. The van der Waals surface area contributed by atoms with E-state index in [2.05, 4.69) is 0 Å². The zero-order valence-corrected chi connectivity index (χ0v) is 19.1. The molecule has 2 heterocycles. The van der Waals surface area contributed by atoms with Gasteiger partial charge in [0, 0.05) is 29.8 Å². The topological polar surface area (TPSA) is 77.8 Å². The normalized spacial score (nSPS) is 16.2. The fraction of sp³-hybridized carbons (Fsp3) is 0.520. The number of halogens is 2. The molecule has 0 amide bonds. The summed E-state index contributed by atoms with van der Waals surface area (Å²) in [7, 11) is 0. The SMILES string of the molecule is CCOC(=O)c1cn2c(cc1=O)-c1cc(C(F)F)c(OCCC(C)(C)O)cc1CC21CCC1. The van der Waals surface area contributed by atoms with Crippen molar-refractivity contribution in [1.82, 2.24) is 4.57 Å². The van der Waals surface area contributed by atoms with Gasteiger partial charge in [-0.15, -0.1) is 0 Å². The molecule has 2 aromatic rings. The summed E-state index contributed by atoms with van der Waals surface area (Å²) in [5.41, 5.74) is -0.172. The molecular formula is C25H29F2NO5. The first-order chi connectivity index (χ1) is 15.5. The van der Waals surface area contributed by atoms with Gasteiger partial charge in [0.05, 0.1) is 30.1 Å². The Hall–Kier alpha value is -2.74. The van der Waals surface area contributed by atoms with Gasteiger partial charge in [-0.3, -0.25) is 4.79 Å². The Morgan fingerprint density at radius 2 is 2.00 bits per heavy atom. The molecule has 4 rings (SSSR count). The molecule has 0 bridgehead atoms. The summed E-state index contributed by atoms with van der Waals surface area (Å²) in [6.45, 7) is 5.20. The minimum absolute atomic E-state index is 0.0454. The van der Waals surface area contributed by atoms with Gasteiger partial charge in [0.25, 0.3) is 6.43 Å². The summed E-state index contributed by atoms with van der Waals surface area (Å²) in [6, 6.07) is 4.39. The molecule has 1 N–H and O–H groups in total. The van der Waals surface area contributed by atoms with Gasteiger partial charge in [-0.05, 0) is 64.2 Å². The second kappa shape index (κ2) is 8.56. The largest absolute Gasteiger partial charge is 0.493 e. The van der Waals surface area contributed by atoms with Gasteiger partial charge in [0.15, 0.2) is 5.43 Å². The average Bonchev–Trinajstić information content (AvgIpc) is 2.70. The molecule has 33 heavy (non-hydrogen) atoms. The molecule has 1 aliphatic heterocycles. The Bertz CT molecular complexity index is 1130. The van der Waals surface area contributed by atoms with Gasteiger partial charge >= 0.3 is 5.97 Å². The van der Waals surface area contributed by atoms with E-state index in [1.807, 2.05) is 4.57 Å². The number of benzene rings is 1. The van der Waals surface area contributed by atoms with Crippen LogP contribution in [0.25, 0.3) is 11.3 Å². The summed E-state index contributed by atoms with van der Waals surface area (Å²) in [5, 5.41) is 9.91. The summed E-state index contributed by atoms with van der Waals surface area (Å²) < 4.78 is 40.5. The number of aliphatic hydroxyl groups is 1. The Morgan fingerprint density at radius 3 is 2.58 bits per heavy atom. The molecule has 6 nitrogen and oxygen atoms in total. The third-order valence-corrected chi connectivity index (χ3v) is 6.58. The predicted octanol–water partition coefficient (Wildman–Crippen LogP) is 4.60. The van der Waals surface area contributed by atoms with Gasteiger partial charge in [-0.1, -0.05) is 0 Å². The number of fused-ring (bicyclic) bond motifs is 4. The number of rotatable bonds is 7. The molecule has 2 aliphatic rings. The van der Waals surface area contributed by atoms with E-state index < -0.39 is 23.4 Å². The smallest absolute Gasteiger partial charge is 0.343 e. The molecule has 1 aromatic heterocycles. The van der Waals surface area contributed by atoms with Gasteiger partial charge in [0.1, 0.15) is 11.3 Å². The number of pyridine rings is 1. The first kappa shape index (κ1) is 23.4. The minimum atomic E-state index is -2.77. The van der Waals surface area contributed by atoms with Crippen molar-refractivity contribution >= 4 is 5.97 Å². The van der Waals surface area contributed by atoms with Crippen LogP contribution in [0.4, 0.5) is 8.78 Å². The third kappa shape index (κ3) is 4.40. The second-order valence-corrected chi connectivity index (χ2v) is 9.54. The number of ether oxygens (including phenoxy) is 2. The van der Waals surface area contributed by atoms with Crippen LogP contribution >= 0.6 is 0 Å². The van der Waals surface area contributed by atoms with Crippen molar-refractivity contribution in [3.05, 3.63) is 51.3 Å². The van der Waals surface area contributed by atoms with Gasteiger partial charge in [-0.2, -0.15) is 0 Å². The Morgan fingerprint density at radius 1 is 1.27 bits per heavy atom. The van der Waals surface area contributed by atoms with Crippen molar-refractivity contribution in [1.29, 1.82) is 0 Å². The number of hydrogen-bond acceptors (Lipinski definition) is 5. The molecule has 1 spiro atoms. The molecule has 0 atom stereocenters. The summed E-state index contributed by atoms with van der Waals surface area (Å²) in [4.78, 5) is 25.0. The summed E-state index contributed by atoms with van der Waals surface area (Å²) in [6.07, 6.45) is 2.36. The highest BCUT2D eigenvalue weighted by molar-refractivity contribution is 5.89. The van der Waals surface area contributed by atoms with Crippen molar-refractivity contribution in [2.24, 2.45) is 0 Å². The van der Waals surface area contributed by atoms with Crippen molar-refractivity contribution in [2.45, 2.75) is 70.4 Å². The van der Waals surface area contributed by atoms with E-state index in [0.29, 0.717) is 24.1 Å². The molecule has 0 radical (unpaired) electrons. The van der Waals surface area contributed by atoms with Crippen LogP contribution in [0, 0.1) is 0 Å². The molecule has 8 heteroatoms. The lowest BCUT2D eigenvalue weighted by molar-refractivity contribution is 0.0519. The maximum absolute atomic E-state index is 13.9. The van der Waals surface area contributed by atoms with Crippen LogP contribution in [0.5, 0.6) is 5.75 Å². The van der Waals surface area contributed by atoms with E-state index in [9.17, 15) is 23.5 Å². The number of esters is 1. The standard InChI is InChI=1S/C25H29F2NO5/c1-4-32-23(30)18-14-28-19(12-20(18)29)16-11-17(22(26)27)21(33-9-8-24(2,3)31)10-15(16)13-25(28)6-5-7-25/h10-12,14,22,31H,4-9,13H2,1-3H3. The third-order valence-electron chi connectivity index (χ3n) is 6.58. The van der Waals surface area contributed by atoms with Gasteiger partial charge < -0.3 is 19.1 Å². The predicted molar refractivity (Wildman–Crippen MR) is 119 cm³/mol. The zero-order valence-electron chi connectivity index (χ0n) is 19.1. The number of nitrogens with zero attached hydrogens (tertiary/aromatic N) is 1. The number of alkyl halides is 2. The zero-order chi connectivity index (χ0) is 24.0.